The third-order valence-corrected chi connectivity index (χ3v) is 2.74. The summed E-state index contributed by atoms with van der Waals surface area (Å²) in [5.74, 6) is -1.37. The van der Waals surface area contributed by atoms with E-state index < -0.39 is 28.7 Å². The van der Waals surface area contributed by atoms with Gasteiger partial charge in [0.2, 0.25) is 16.1 Å². The topological polar surface area (TPSA) is 60.4 Å². The molecule has 0 unspecified atom stereocenters. The molecule has 0 saturated heterocycles. The van der Waals surface area contributed by atoms with Gasteiger partial charge >= 0.3 is 6.18 Å². The standard InChI is InChI=1S/C12H11F3O4S/c13-12(14,15)11(16)6-3-9-1-4-10(5-2-9)19-7-8-20(17)18/h1-2,4-5,8H,3,6-7H2. The van der Waals surface area contributed by atoms with Crippen LogP contribution in [-0.4, -0.2) is 32.4 Å². The van der Waals surface area contributed by atoms with E-state index in [2.05, 4.69) is 0 Å². The Bertz CT molecular complexity index is 580. The van der Waals surface area contributed by atoms with Crippen LogP contribution in [0.25, 0.3) is 0 Å². The van der Waals surface area contributed by atoms with Crippen LogP contribution >= 0.6 is 0 Å². The molecule has 0 atom stereocenters. The lowest BCUT2D eigenvalue weighted by Crippen LogP contribution is -2.22. The average Bonchev–Trinajstić information content (AvgIpc) is 2.36. The zero-order valence-corrected chi connectivity index (χ0v) is 11.0. The summed E-state index contributed by atoms with van der Waals surface area (Å²) in [5, 5.41) is 0.926. The number of carbonyl (C=O) groups is 1. The molecule has 0 bridgehead atoms. The van der Waals surface area contributed by atoms with Crippen LogP contribution in [0.2, 0.25) is 0 Å². The molecule has 0 aliphatic rings. The van der Waals surface area contributed by atoms with Crippen molar-refractivity contribution in [3.05, 3.63) is 29.8 Å². The van der Waals surface area contributed by atoms with Crippen molar-refractivity contribution < 1.29 is 31.1 Å². The molecule has 0 radical (unpaired) electrons. The highest BCUT2D eigenvalue weighted by Crippen LogP contribution is 2.20. The van der Waals surface area contributed by atoms with Gasteiger partial charge in [-0.3, -0.25) is 4.79 Å². The highest BCUT2D eigenvalue weighted by molar-refractivity contribution is 7.71. The van der Waals surface area contributed by atoms with Crippen molar-refractivity contribution in [1.29, 1.82) is 0 Å². The summed E-state index contributed by atoms with van der Waals surface area (Å²) in [6.45, 7) is -0.123. The average molecular weight is 308 g/mol. The number of halogens is 3. The molecule has 0 heterocycles. The molecule has 0 N–H and O–H groups in total. The fourth-order valence-corrected chi connectivity index (χ4v) is 1.52. The Morgan fingerprint density at radius 2 is 1.80 bits per heavy atom. The molecule has 1 rings (SSSR count). The molecular weight excluding hydrogens is 297 g/mol. The van der Waals surface area contributed by atoms with E-state index >= 15 is 0 Å². The highest BCUT2D eigenvalue weighted by atomic mass is 32.2. The van der Waals surface area contributed by atoms with Crippen LogP contribution in [0, 0.1) is 0 Å². The first kappa shape index (κ1) is 16.2. The van der Waals surface area contributed by atoms with Crippen molar-refractivity contribution in [2.75, 3.05) is 6.61 Å². The molecule has 0 amide bonds. The van der Waals surface area contributed by atoms with E-state index in [-0.39, 0.29) is 13.0 Å². The number of ether oxygens (including phenoxy) is 1. The molecule has 0 fully saturated rings. The molecule has 4 nitrogen and oxygen atoms in total. The van der Waals surface area contributed by atoms with Crippen LogP contribution in [0.3, 0.4) is 0 Å². The Balaban J connectivity index is 2.51. The fraction of sp³-hybridized carbons (Fsp3) is 0.333. The summed E-state index contributed by atoms with van der Waals surface area (Å²) >= 11 is 0. The van der Waals surface area contributed by atoms with E-state index in [1.807, 2.05) is 0 Å². The third-order valence-electron chi connectivity index (χ3n) is 2.33. The third kappa shape index (κ3) is 5.87. The van der Waals surface area contributed by atoms with E-state index in [0.29, 0.717) is 11.3 Å². The number of hydrogen-bond donors (Lipinski definition) is 0. The van der Waals surface area contributed by atoms with Crippen LogP contribution in [-0.2, 0) is 21.5 Å². The number of rotatable bonds is 6. The van der Waals surface area contributed by atoms with Gasteiger partial charge in [-0.25, -0.2) is 0 Å². The zero-order chi connectivity index (χ0) is 15.2. The van der Waals surface area contributed by atoms with Gasteiger partial charge in [-0.05, 0) is 24.1 Å². The first-order valence-corrected chi connectivity index (χ1v) is 6.66. The predicted octanol–water partition coefficient (Wildman–Crippen LogP) is 1.81. The summed E-state index contributed by atoms with van der Waals surface area (Å²) in [5.41, 5.74) is 0.561. The lowest BCUT2D eigenvalue weighted by Gasteiger charge is -2.06. The van der Waals surface area contributed by atoms with E-state index in [1.54, 1.807) is 0 Å². The maximum Gasteiger partial charge on any atom is 0.449 e. The number of benzene rings is 1. The molecule has 1 aromatic carbocycles. The van der Waals surface area contributed by atoms with Gasteiger partial charge < -0.3 is 4.74 Å². The normalized spacial score (nSPS) is 10.9. The van der Waals surface area contributed by atoms with Crippen molar-refractivity contribution in [3.63, 3.8) is 0 Å². The minimum absolute atomic E-state index is 0.0185. The van der Waals surface area contributed by atoms with Gasteiger partial charge in [0.1, 0.15) is 12.4 Å². The zero-order valence-electron chi connectivity index (χ0n) is 10.2. The Morgan fingerprint density at radius 1 is 1.20 bits per heavy atom. The first-order valence-electron chi connectivity index (χ1n) is 5.52. The van der Waals surface area contributed by atoms with Crippen molar-refractivity contribution in [1.82, 2.24) is 0 Å². The molecule has 0 spiro atoms. The van der Waals surface area contributed by atoms with E-state index in [4.69, 9.17) is 4.74 Å². The number of ketones is 1. The molecule has 1 aromatic rings. The summed E-state index contributed by atoms with van der Waals surface area (Å²) in [6.07, 6.45) is -5.42. The monoisotopic (exact) mass is 308 g/mol. The summed E-state index contributed by atoms with van der Waals surface area (Å²) < 4.78 is 61.5. The van der Waals surface area contributed by atoms with Crippen LogP contribution in [0.1, 0.15) is 12.0 Å². The van der Waals surface area contributed by atoms with Gasteiger partial charge in [0, 0.05) is 6.42 Å². The second kappa shape index (κ2) is 7.09. The highest BCUT2D eigenvalue weighted by Gasteiger charge is 2.37. The van der Waals surface area contributed by atoms with Gasteiger partial charge in [0.05, 0.1) is 5.37 Å². The minimum atomic E-state index is -4.80. The second-order valence-corrected chi connectivity index (χ2v) is 4.66. The van der Waals surface area contributed by atoms with Crippen LogP contribution in [0.4, 0.5) is 13.2 Å². The van der Waals surface area contributed by atoms with Gasteiger partial charge in [-0.1, -0.05) is 12.1 Å². The molecule has 0 aliphatic carbocycles. The molecule has 20 heavy (non-hydrogen) atoms. The van der Waals surface area contributed by atoms with E-state index in [0.717, 1.165) is 5.37 Å². The van der Waals surface area contributed by atoms with Crippen molar-refractivity contribution >= 4 is 21.4 Å². The molecule has 110 valence electrons. The number of aryl methyl sites for hydroxylation is 1. The van der Waals surface area contributed by atoms with Gasteiger partial charge in [0.25, 0.3) is 0 Å². The fourth-order valence-electron chi connectivity index (χ4n) is 1.34. The van der Waals surface area contributed by atoms with Gasteiger partial charge in [-0.15, -0.1) is 0 Å². The molecule has 0 aliphatic heterocycles. The lowest BCUT2D eigenvalue weighted by molar-refractivity contribution is -0.171. The maximum absolute atomic E-state index is 12.0. The quantitative estimate of drug-likeness (QED) is 0.752. The summed E-state index contributed by atoms with van der Waals surface area (Å²) in [4.78, 5) is 10.7. The van der Waals surface area contributed by atoms with Crippen LogP contribution in [0.15, 0.2) is 24.3 Å². The molecule has 0 aromatic heterocycles. The molecular formula is C12H11F3O4S. The largest absolute Gasteiger partial charge is 0.489 e. The number of hydrogen-bond acceptors (Lipinski definition) is 4. The summed E-state index contributed by atoms with van der Waals surface area (Å²) in [6, 6.07) is 6.03. The summed E-state index contributed by atoms with van der Waals surface area (Å²) in [7, 11) is -2.30. The number of alkyl halides is 3. The Morgan fingerprint density at radius 3 is 2.30 bits per heavy atom. The smallest absolute Gasteiger partial charge is 0.449 e. The SMILES string of the molecule is O=C(CCc1ccc(OCC=S(=O)=O)cc1)C(F)(F)F. The van der Waals surface area contributed by atoms with E-state index in [9.17, 15) is 26.4 Å². The number of carbonyl (C=O) groups excluding carboxylic acids is 1. The van der Waals surface area contributed by atoms with Crippen molar-refractivity contribution in [3.8, 4) is 5.75 Å². The Kier molecular flexibility index (Phi) is 5.75. The van der Waals surface area contributed by atoms with Crippen LogP contribution < -0.4 is 4.74 Å². The Labute approximate surface area is 114 Å². The first-order chi connectivity index (χ1) is 9.29. The van der Waals surface area contributed by atoms with Gasteiger partial charge in [0.15, 0.2) is 0 Å². The van der Waals surface area contributed by atoms with Crippen LogP contribution in [0.5, 0.6) is 5.75 Å². The molecule has 0 saturated carbocycles. The van der Waals surface area contributed by atoms with E-state index in [1.165, 1.54) is 24.3 Å². The molecule has 8 heteroatoms. The van der Waals surface area contributed by atoms with Gasteiger partial charge in [-0.2, -0.15) is 21.6 Å². The number of Topliss-reactive ketones (excluding diaryl/α,β-unsaturated/α-hetero) is 1. The minimum Gasteiger partial charge on any atom is -0.489 e. The van der Waals surface area contributed by atoms with Crippen molar-refractivity contribution in [2.45, 2.75) is 19.0 Å². The lowest BCUT2D eigenvalue weighted by atomic mass is 10.1. The predicted molar refractivity (Wildman–Crippen MR) is 66.3 cm³/mol. The Hall–Kier alpha value is -1.83. The maximum atomic E-state index is 12.0. The second-order valence-electron chi connectivity index (χ2n) is 3.80. The van der Waals surface area contributed by atoms with Crippen molar-refractivity contribution in [2.24, 2.45) is 0 Å².